The Hall–Kier alpha value is -3.54. The van der Waals surface area contributed by atoms with Crippen molar-refractivity contribution in [3.63, 3.8) is 0 Å². The lowest BCUT2D eigenvalue weighted by Gasteiger charge is -2.08. The molecule has 6 nitrogen and oxygen atoms in total. The number of phenolic OH excluding ortho intramolecular Hbond substituents is 1. The molecule has 1 saturated heterocycles. The minimum absolute atomic E-state index is 0.0171. The van der Waals surface area contributed by atoms with Gasteiger partial charge in [0.25, 0.3) is 5.78 Å². The van der Waals surface area contributed by atoms with Crippen LogP contribution < -0.4 is 0 Å². The summed E-state index contributed by atoms with van der Waals surface area (Å²) in [5.74, 6) is -2.20. The number of aromatic hydroxyl groups is 1. The highest BCUT2D eigenvalue weighted by Crippen LogP contribution is 2.35. The minimum Gasteiger partial charge on any atom is -0.507 e. The molecule has 0 bridgehead atoms. The number of fused-ring (bicyclic) bond motifs is 1. The summed E-state index contributed by atoms with van der Waals surface area (Å²) in [5, 5.41) is 21.5. The number of hydrogen-bond acceptors (Lipinski definition) is 5. The monoisotopic (exact) mass is 377 g/mol. The fourth-order valence-electron chi connectivity index (χ4n) is 3.73. The molecular formula is C22H19NO5. The van der Waals surface area contributed by atoms with Crippen LogP contribution in [0.25, 0.3) is 16.7 Å². The zero-order chi connectivity index (χ0) is 20.0. The Kier molecular flexibility index (Phi) is 4.19. The predicted molar refractivity (Wildman–Crippen MR) is 104 cm³/mol. The molecule has 6 heteroatoms. The maximum Gasteiger partial charge on any atom is 0.379 e. The number of benzene rings is 2. The van der Waals surface area contributed by atoms with Crippen LogP contribution in [-0.4, -0.2) is 33.1 Å². The van der Waals surface area contributed by atoms with Crippen LogP contribution in [0.2, 0.25) is 0 Å². The van der Waals surface area contributed by atoms with Gasteiger partial charge in [0.15, 0.2) is 0 Å². The standard InChI is InChI=1S/C22H19NO5/c1-12-6-13(2)8-14(7-12)9-23-10-15(19-17(23)4-3-5-18(19)24)20(25)16-11-28-22(27)21(16)26/h3-8,10,24-25H,9,11H2,1-2H3. The van der Waals surface area contributed by atoms with Crippen LogP contribution in [0.15, 0.2) is 48.2 Å². The van der Waals surface area contributed by atoms with Gasteiger partial charge in [-0.3, -0.25) is 4.79 Å². The van der Waals surface area contributed by atoms with Gasteiger partial charge < -0.3 is 19.5 Å². The molecule has 2 heterocycles. The maximum atomic E-state index is 12.0. The Morgan fingerprint density at radius 2 is 1.86 bits per heavy atom. The second-order valence-corrected chi connectivity index (χ2v) is 7.07. The van der Waals surface area contributed by atoms with Crippen molar-refractivity contribution in [2.75, 3.05) is 6.61 Å². The van der Waals surface area contributed by atoms with E-state index in [1.54, 1.807) is 12.3 Å². The highest BCUT2D eigenvalue weighted by molar-refractivity contribution is 6.43. The number of aliphatic hydroxyl groups excluding tert-OH is 1. The number of hydrogen-bond donors (Lipinski definition) is 2. The van der Waals surface area contributed by atoms with Crippen LogP contribution in [-0.2, 0) is 20.9 Å². The van der Waals surface area contributed by atoms with Gasteiger partial charge >= 0.3 is 5.97 Å². The van der Waals surface area contributed by atoms with Gasteiger partial charge in [-0.15, -0.1) is 0 Å². The molecule has 4 rings (SSSR count). The average molecular weight is 377 g/mol. The first kappa shape index (κ1) is 17.9. The molecule has 1 aliphatic heterocycles. The maximum absolute atomic E-state index is 12.0. The number of carbonyl (C=O) groups excluding carboxylic acids is 2. The lowest BCUT2D eigenvalue weighted by Crippen LogP contribution is -2.08. The predicted octanol–water partition coefficient (Wildman–Crippen LogP) is 3.41. The number of carbonyl (C=O) groups is 2. The number of ether oxygens (including phenoxy) is 1. The Morgan fingerprint density at radius 3 is 2.50 bits per heavy atom. The number of aliphatic hydroxyl groups is 1. The fourth-order valence-corrected chi connectivity index (χ4v) is 3.73. The molecule has 0 aliphatic carbocycles. The first-order chi connectivity index (χ1) is 13.3. The number of Topliss-reactive ketones (excluding diaryl/α,β-unsaturated/α-hetero) is 1. The topological polar surface area (TPSA) is 88.8 Å². The van der Waals surface area contributed by atoms with Crippen LogP contribution in [0, 0.1) is 13.8 Å². The van der Waals surface area contributed by atoms with Gasteiger partial charge in [0.2, 0.25) is 0 Å². The molecule has 0 unspecified atom stereocenters. The number of aromatic nitrogens is 1. The quantitative estimate of drug-likeness (QED) is 0.316. The minimum atomic E-state index is -0.982. The molecule has 1 aliphatic rings. The first-order valence-corrected chi connectivity index (χ1v) is 8.87. The molecule has 1 fully saturated rings. The number of phenols is 1. The molecule has 1 aromatic heterocycles. The fraction of sp³-hybridized carbons (Fsp3) is 0.182. The van der Waals surface area contributed by atoms with E-state index < -0.39 is 11.8 Å². The molecule has 0 saturated carbocycles. The second kappa shape index (κ2) is 6.56. The van der Waals surface area contributed by atoms with Crippen molar-refractivity contribution in [1.82, 2.24) is 4.57 Å². The van der Waals surface area contributed by atoms with Crippen molar-refractivity contribution in [1.29, 1.82) is 0 Å². The molecule has 0 spiro atoms. The second-order valence-electron chi connectivity index (χ2n) is 7.07. The molecular weight excluding hydrogens is 358 g/mol. The van der Waals surface area contributed by atoms with E-state index in [1.165, 1.54) is 6.07 Å². The summed E-state index contributed by atoms with van der Waals surface area (Å²) in [6.45, 7) is 4.30. The van der Waals surface area contributed by atoms with Gasteiger partial charge in [-0.2, -0.15) is 0 Å². The number of aryl methyl sites for hydroxylation is 2. The van der Waals surface area contributed by atoms with Crippen molar-refractivity contribution < 1.29 is 24.5 Å². The number of rotatable bonds is 3. The smallest absolute Gasteiger partial charge is 0.379 e. The average Bonchev–Trinajstić information content (AvgIpc) is 3.16. The Labute approximate surface area is 161 Å². The van der Waals surface area contributed by atoms with E-state index in [-0.39, 0.29) is 23.7 Å². The molecule has 2 aromatic carbocycles. The van der Waals surface area contributed by atoms with Crippen LogP contribution in [0.1, 0.15) is 22.3 Å². The first-order valence-electron chi connectivity index (χ1n) is 8.87. The summed E-state index contributed by atoms with van der Waals surface area (Å²) in [6, 6.07) is 11.3. The third-order valence-electron chi connectivity index (χ3n) is 4.87. The lowest BCUT2D eigenvalue weighted by molar-refractivity contribution is -0.146. The van der Waals surface area contributed by atoms with Gasteiger partial charge in [0, 0.05) is 18.3 Å². The van der Waals surface area contributed by atoms with E-state index in [2.05, 4.69) is 18.2 Å². The molecule has 3 aromatic rings. The lowest BCUT2D eigenvalue weighted by atomic mass is 10.1. The summed E-state index contributed by atoms with van der Waals surface area (Å²) in [7, 11) is 0. The third kappa shape index (κ3) is 2.93. The third-order valence-corrected chi connectivity index (χ3v) is 4.87. The molecule has 142 valence electrons. The van der Waals surface area contributed by atoms with Gasteiger partial charge in [-0.1, -0.05) is 35.4 Å². The summed E-state index contributed by atoms with van der Waals surface area (Å²) in [6.07, 6.45) is 1.68. The molecule has 28 heavy (non-hydrogen) atoms. The summed E-state index contributed by atoms with van der Waals surface area (Å²) in [5.41, 5.74) is 4.27. The van der Waals surface area contributed by atoms with Crippen molar-refractivity contribution >= 4 is 28.4 Å². The SMILES string of the molecule is Cc1cc(C)cc(Cn2cc(C(O)=C3COC(=O)C3=O)c3c(O)cccc32)c1. The number of cyclic esters (lactones) is 1. The van der Waals surface area contributed by atoms with Crippen LogP contribution >= 0.6 is 0 Å². The number of ketones is 1. The summed E-state index contributed by atoms with van der Waals surface area (Å²) in [4.78, 5) is 23.3. The largest absolute Gasteiger partial charge is 0.507 e. The molecule has 0 amide bonds. The molecule has 0 radical (unpaired) electrons. The van der Waals surface area contributed by atoms with Crippen LogP contribution in [0.3, 0.4) is 0 Å². The number of nitrogens with zero attached hydrogens (tertiary/aromatic N) is 1. The normalized spacial score (nSPS) is 15.9. The van der Waals surface area contributed by atoms with Crippen LogP contribution in [0.5, 0.6) is 5.75 Å². The van der Waals surface area contributed by atoms with Gasteiger partial charge in [0.1, 0.15) is 18.1 Å². The van der Waals surface area contributed by atoms with E-state index >= 15 is 0 Å². The van der Waals surface area contributed by atoms with E-state index in [1.807, 2.05) is 24.5 Å². The van der Waals surface area contributed by atoms with Crippen molar-refractivity contribution in [3.05, 3.63) is 70.4 Å². The summed E-state index contributed by atoms with van der Waals surface area (Å²) < 4.78 is 6.62. The van der Waals surface area contributed by atoms with Crippen LogP contribution in [0.4, 0.5) is 0 Å². The zero-order valence-electron chi connectivity index (χ0n) is 15.5. The zero-order valence-corrected chi connectivity index (χ0v) is 15.5. The van der Waals surface area contributed by atoms with Gasteiger partial charge in [-0.05, 0) is 31.5 Å². The van der Waals surface area contributed by atoms with Crippen molar-refractivity contribution in [3.8, 4) is 5.75 Å². The van der Waals surface area contributed by atoms with E-state index in [0.717, 1.165) is 16.7 Å². The Morgan fingerprint density at radius 1 is 1.14 bits per heavy atom. The van der Waals surface area contributed by atoms with Gasteiger partial charge in [-0.25, -0.2) is 4.79 Å². The highest BCUT2D eigenvalue weighted by Gasteiger charge is 2.33. The number of esters is 1. The van der Waals surface area contributed by atoms with E-state index in [9.17, 15) is 19.8 Å². The van der Waals surface area contributed by atoms with Crippen molar-refractivity contribution in [2.45, 2.75) is 20.4 Å². The van der Waals surface area contributed by atoms with Crippen molar-refractivity contribution in [2.24, 2.45) is 0 Å². The van der Waals surface area contributed by atoms with Gasteiger partial charge in [0.05, 0.1) is 16.5 Å². The summed E-state index contributed by atoms with van der Waals surface area (Å²) >= 11 is 0. The molecule has 0 atom stereocenters. The Bertz CT molecular complexity index is 1150. The Balaban J connectivity index is 1.88. The van der Waals surface area contributed by atoms with E-state index in [4.69, 9.17) is 4.74 Å². The highest BCUT2D eigenvalue weighted by atomic mass is 16.5. The molecule has 2 N–H and O–H groups in total. The van der Waals surface area contributed by atoms with E-state index in [0.29, 0.717) is 23.0 Å².